The Morgan fingerprint density at radius 1 is 1.31 bits per heavy atom. The average molecular weight is 285 g/mol. The van der Waals surface area contributed by atoms with Gasteiger partial charge < -0.3 is 4.74 Å². The molecule has 4 heteroatoms. The van der Waals surface area contributed by atoms with Crippen molar-refractivity contribution in [1.29, 1.82) is 0 Å². The van der Waals surface area contributed by atoms with Crippen molar-refractivity contribution in [3.8, 4) is 5.75 Å². The number of aryl methyl sites for hydroxylation is 2. The minimum atomic E-state index is 0.834. The molecule has 3 nitrogen and oxygen atoms in total. The van der Waals surface area contributed by atoms with Crippen molar-refractivity contribution in [3.63, 3.8) is 0 Å². The van der Waals surface area contributed by atoms with Crippen molar-refractivity contribution in [3.05, 3.63) is 22.3 Å². The topological polar surface area (TPSA) is 27.1 Å². The van der Waals surface area contributed by atoms with Crippen LogP contribution in [0.25, 0.3) is 10.9 Å². The maximum atomic E-state index is 5.23. The number of methoxy groups -OCH3 is 1. The maximum absolute atomic E-state index is 5.23. The number of hydrogen-bond acceptors (Lipinski definition) is 2. The fourth-order valence-corrected chi connectivity index (χ4v) is 2.41. The van der Waals surface area contributed by atoms with Crippen LogP contribution in [0.1, 0.15) is 19.5 Å². The third kappa shape index (κ3) is 2.07. The maximum Gasteiger partial charge on any atom is 0.135 e. The Morgan fingerprint density at radius 2 is 1.94 bits per heavy atom. The highest BCUT2D eigenvalue weighted by Crippen LogP contribution is 2.33. The van der Waals surface area contributed by atoms with Gasteiger partial charge in [-0.15, -0.1) is 0 Å². The van der Waals surface area contributed by atoms with Crippen LogP contribution >= 0.6 is 15.9 Å². The molecular formula is C12H17BrN2O. The van der Waals surface area contributed by atoms with Gasteiger partial charge in [0.1, 0.15) is 5.75 Å². The summed E-state index contributed by atoms with van der Waals surface area (Å²) in [6, 6.07) is 3.97. The predicted octanol–water partition coefficient (Wildman–Crippen LogP) is 3.68. The fourth-order valence-electron chi connectivity index (χ4n) is 1.64. The van der Waals surface area contributed by atoms with Gasteiger partial charge in [0.15, 0.2) is 0 Å². The van der Waals surface area contributed by atoms with Gasteiger partial charge >= 0.3 is 0 Å². The molecule has 0 fully saturated rings. The van der Waals surface area contributed by atoms with Gasteiger partial charge in [-0.3, -0.25) is 4.68 Å². The molecule has 0 aliphatic rings. The van der Waals surface area contributed by atoms with Gasteiger partial charge in [-0.25, -0.2) is 0 Å². The first-order valence-corrected chi connectivity index (χ1v) is 6.10. The van der Waals surface area contributed by atoms with E-state index in [4.69, 9.17) is 4.74 Å². The zero-order valence-corrected chi connectivity index (χ0v) is 11.9. The molecule has 0 radical (unpaired) electrons. The molecule has 0 aliphatic carbocycles. The minimum absolute atomic E-state index is 0.834. The van der Waals surface area contributed by atoms with E-state index in [1.165, 1.54) is 0 Å². The van der Waals surface area contributed by atoms with Crippen LogP contribution in [0, 0.1) is 6.92 Å². The number of nitrogens with zero attached hydrogens (tertiary/aromatic N) is 2. The van der Waals surface area contributed by atoms with E-state index in [0.717, 1.165) is 26.8 Å². The molecule has 0 unspecified atom stereocenters. The van der Waals surface area contributed by atoms with Crippen molar-refractivity contribution in [1.82, 2.24) is 9.78 Å². The van der Waals surface area contributed by atoms with E-state index in [1.54, 1.807) is 7.11 Å². The Morgan fingerprint density at radius 3 is 2.50 bits per heavy atom. The Bertz CT molecular complexity index is 491. The zero-order valence-electron chi connectivity index (χ0n) is 10.3. The first-order chi connectivity index (χ1) is 7.65. The lowest BCUT2D eigenvalue weighted by molar-refractivity contribution is 0.412. The number of benzene rings is 1. The van der Waals surface area contributed by atoms with Crippen molar-refractivity contribution in [2.75, 3.05) is 7.11 Å². The lowest BCUT2D eigenvalue weighted by atomic mass is 10.2. The second kappa shape index (κ2) is 5.34. The Labute approximate surface area is 105 Å². The van der Waals surface area contributed by atoms with Crippen LogP contribution in [0.3, 0.4) is 0 Å². The summed E-state index contributed by atoms with van der Waals surface area (Å²) in [7, 11) is 3.59. The molecule has 1 aromatic carbocycles. The van der Waals surface area contributed by atoms with E-state index in [-0.39, 0.29) is 0 Å². The fraction of sp³-hybridized carbons (Fsp3) is 0.417. The molecule has 0 saturated heterocycles. The molecule has 88 valence electrons. The first-order valence-electron chi connectivity index (χ1n) is 5.31. The van der Waals surface area contributed by atoms with Crippen molar-refractivity contribution in [2.45, 2.75) is 20.8 Å². The lowest BCUT2D eigenvalue weighted by Crippen LogP contribution is -1.92. The molecule has 1 aromatic heterocycles. The molecule has 0 bridgehead atoms. The van der Waals surface area contributed by atoms with Crippen LogP contribution in [0.4, 0.5) is 0 Å². The highest BCUT2D eigenvalue weighted by Gasteiger charge is 2.11. The van der Waals surface area contributed by atoms with Crippen LogP contribution < -0.4 is 4.74 Å². The highest BCUT2D eigenvalue weighted by molar-refractivity contribution is 9.10. The lowest BCUT2D eigenvalue weighted by Gasteiger charge is -2.04. The SMILES string of the molecule is CC.COc1ccc2c(C)nn(C)c2c1Br. The molecule has 2 rings (SSSR count). The number of aromatic nitrogens is 2. The van der Waals surface area contributed by atoms with Crippen molar-refractivity contribution >= 4 is 26.8 Å². The van der Waals surface area contributed by atoms with Gasteiger partial charge in [0, 0.05) is 12.4 Å². The average Bonchev–Trinajstić information content (AvgIpc) is 2.58. The number of halogens is 1. The van der Waals surface area contributed by atoms with E-state index >= 15 is 0 Å². The van der Waals surface area contributed by atoms with E-state index in [2.05, 4.69) is 21.0 Å². The molecule has 16 heavy (non-hydrogen) atoms. The van der Waals surface area contributed by atoms with Crippen LogP contribution in [0.2, 0.25) is 0 Å². The molecule has 2 aromatic rings. The van der Waals surface area contributed by atoms with Gasteiger partial charge in [-0.05, 0) is 35.0 Å². The molecule has 0 N–H and O–H groups in total. The van der Waals surface area contributed by atoms with Gasteiger partial charge in [0.25, 0.3) is 0 Å². The van der Waals surface area contributed by atoms with Crippen molar-refractivity contribution < 1.29 is 4.74 Å². The quantitative estimate of drug-likeness (QED) is 0.799. The van der Waals surface area contributed by atoms with Crippen LogP contribution in [-0.2, 0) is 7.05 Å². The second-order valence-electron chi connectivity index (χ2n) is 3.19. The molecule has 0 atom stereocenters. The second-order valence-corrected chi connectivity index (χ2v) is 3.98. The highest BCUT2D eigenvalue weighted by atomic mass is 79.9. The standard InChI is InChI=1S/C10H11BrN2O.C2H6/c1-6-7-4-5-8(14-3)9(11)10(7)13(2)12-6;1-2/h4-5H,1-3H3;1-2H3. The van der Waals surface area contributed by atoms with Crippen LogP contribution in [-0.4, -0.2) is 16.9 Å². The molecular weight excluding hydrogens is 268 g/mol. The van der Waals surface area contributed by atoms with Crippen molar-refractivity contribution in [2.24, 2.45) is 7.05 Å². The zero-order chi connectivity index (χ0) is 12.3. The van der Waals surface area contributed by atoms with Gasteiger partial charge in [0.2, 0.25) is 0 Å². The largest absolute Gasteiger partial charge is 0.495 e. The summed E-state index contributed by atoms with van der Waals surface area (Å²) in [6.45, 7) is 6.00. The summed E-state index contributed by atoms with van der Waals surface area (Å²) in [4.78, 5) is 0. The predicted molar refractivity (Wildman–Crippen MR) is 71.1 cm³/mol. The normalized spacial score (nSPS) is 9.88. The number of fused-ring (bicyclic) bond motifs is 1. The van der Waals surface area contributed by atoms with Gasteiger partial charge in [0.05, 0.1) is 22.8 Å². The third-order valence-corrected chi connectivity index (χ3v) is 3.08. The van der Waals surface area contributed by atoms with Gasteiger partial charge in [-0.1, -0.05) is 13.8 Å². The molecule has 0 saturated carbocycles. The van der Waals surface area contributed by atoms with Crippen LogP contribution in [0.15, 0.2) is 16.6 Å². The molecule has 0 aliphatic heterocycles. The van der Waals surface area contributed by atoms with E-state index in [1.807, 2.05) is 44.6 Å². The number of hydrogen-bond donors (Lipinski definition) is 0. The monoisotopic (exact) mass is 284 g/mol. The first kappa shape index (κ1) is 13.0. The van der Waals surface area contributed by atoms with E-state index in [0.29, 0.717) is 0 Å². The summed E-state index contributed by atoms with van der Waals surface area (Å²) in [5.41, 5.74) is 2.10. The smallest absolute Gasteiger partial charge is 0.135 e. The van der Waals surface area contributed by atoms with E-state index in [9.17, 15) is 0 Å². The minimum Gasteiger partial charge on any atom is -0.495 e. The Balaban J connectivity index is 0.000000606. The summed E-state index contributed by atoms with van der Waals surface area (Å²) in [6.07, 6.45) is 0. The van der Waals surface area contributed by atoms with Crippen LogP contribution in [0.5, 0.6) is 5.75 Å². The molecule has 0 spiro atoms. The number of ether oxygens (including phenoxy) is 1. The Kier molecular flexibility index (Phi) is 4.35. The Hall–Kier alpha value is -1.03. The molecule has 1 heterocycles. The molecule has 0 amide bonds. The summed E-state index contributed by atoms with van der Waals surface area (Å²) >= 11 is 3.52. The summed E-state index contributed by atoms with van der Waals surface area (Å²) < 4.78 is 8.05. The number of rotatable bonds is 1. The summed E-state index contributed by atoms with van der Waals surface area (Å²) in [5.74, 6) is 0.834. The third-order valence-electron chi connectivity index (χ3n) is 2.31. The van der Waals surface area contributed by atoms with Gasteiger partial charge in [-0.2, -0.15) is 5.10 Å². The summed E-state index contributed by atoms with van der Waals surface area (Å²) in [5, 5.41) is 5.51. The van der Waals surface area contributed by atoms with E-state index < -0.39 is 0 Å².